The van der Waals surface area contributed by atoms with Crippen molar-refractivity contribution in [3.05, 3.63) is 46.4 Å². The van der Waals surface area contributed by atoms with Gasteiger partial charge in [-0.15, -0.1) is 0 Å². The lowest BCUT2D eigenvalue weighted by Crippen LogP contribution is -2.05. The van der Waals surface area contributed by atoms with E-state index >= 15 is 0 Å². The largest absolute Gasteiger partial charge is 0.497 e. The molecule has 16 heavy (non-hydrogen) atoms. The highest BCUT2D eigenvalue weighted by atomic mass is 16.5. The second-order valence-electron chi connectivity index (χ2n) is 3.34. The number of nitrogens with zero attached hydrogens (tertiary/aromatic N) is 1. The third-order valence-electron chi connectivity index (χ3n) is 2.13. The van der Waals surface area contributed by atoms with E-state index < -0.39 is 0 Å². The summed E-state index contributed by atoms with van der Waals surface area (Å²) < 4.78 is 10.4. The number of aromatic nitrogens is 1. The molecule has 82 valence electrons. The standard InChI is InChI=1S/C12H11NO3/c1-8-7-11(14)13-12(16-8)9-3-5-10(15-2)6-4-9/h3-7H,1-2H3. The van der Waals surface area contributed by atoms with Gasteiger partial charge in [0.05, 0.1) is 7.11 Å². The highest BCUT2D eigenvalue weighted by molar-refractivity contribution is 5.54. The van der Waals surface area contributed by atoms with E-state index in [1.165, 1.54) is 6.07 Å². The van der Waals surface area contributed by atoms with E-state index in [1.807, 2.05) is 0 Å². The van der Waals surface area contributed by atoms with Crippen LogP contribution in [0, 0.1) is 6.92 Å². The van der Waals surface area contributed by atoms with Crippen LogP contribution in [0.1, 0.15) is 5.76 Å². The smallest absolute Gasteiger partial charge is 0.276 e. The van der Waals surface area contributed by atoms with Crippen LogP contribution >= 0.6 is 0 Å². The summed E-state index contributed by atoms with van der Waals surface area (Å²) in [5.74, 6) is 1.62. The van der Waals surface area contributed by atoms with Crippen LogP contribution in [-0.2, 0) is 0 Å². The first-order chi connectivity index (χ1) is 7.69. The molecule has 1 heterocycles. The Labute approximate surface area is 92.5 Å². The number of aryl methyl sites for hydroxylation is 1. The summed E-state index contributed by atoms with van der Waals surface area (Å²) in [5.41, 5.74) is 0.455. The molecule has 0 aliphatic rings. The van der Waals surface area contributed by atoms with Gasteiger partial charge >= 0.3 is 0 Å². The van der Waals surface area contributed by atoms with Crippen molar-refractivity contribution in [3.8, 4) is 17.2 Å². The molecular formula is C12H11NO3. The van der Waals surface area contributed by atoms with Gasteiger partial charge in [-0.25, -0.2) is 0 Å². The average Bonchev–Trinajstić information content (AvgIpc) is 2.28. The molecule has 0 aliphatic carbocycles. The van der Waals surface area contributed by atoms with E-state index in [4.69, 9.17) is 9.15 Å². The molecule has 1 aromatic heterocycles. The van der Waals surface area contributed by atoms with Crippen LogP contribution in [0.3, 0.4) is 0 Å². The summed E-state index contributed by atoms with van der Waals surface area (Å²) >= 11 is 0. The molecule has 4 heteroatoms. The first-order valence-corrected chi connectivity index (χ1v) is 4.82. The average molecular weight is 217 g/mol. The highest BCUT2D eigenvalue weighted by Gasteiger charge is 2.04. The van der Waals surface area contributed by atoms with Gasteiger partial charge in [-0.05, 0) is 31.2 Å². The first kappa shape index (κ1) is 10.4. The van der Waals surface area contributed by atoms with Gasteiger partial charge in [0, 0.05) is 11.6 Å². The predicted molar refractivity (Wildman–Crippen MR) is 59.5 cm³/mol. The van der Waals surface area contributed by atoms with Crippen LogP contribution in [0.15, 0.2) is 39.5 Å². The highest BCUT2D eigenvalue weighted by Crippen LogP contribution is 2.20. The number of methoxy groups -OCH3 is 1. The van der Waals surface area contributed by atoms with Gasteiger partial charge in [0.25, 0.3) is 5.56 Å². The van der Waals surface area contributed by atoms with Crippen molar-refractivity contribution in [2.45, 2.75) is 6.92 Å². The summed E-state index contributed by atoms with van der Waals surface area (Å²) in [7, 11) is 1.60. The topological polar surface area (TPSA) is 52.3 Å². The van der Waals surface area contributed by atoms with E-state index in [1.54, 1.807) is 38.3 Å². The summed E-state index contributed by atoms with van der Waals surface area (Å²) in [6.07, 6.45) is 0. The Morgan fingerprint density at radius 3 is 2.50 bits per heavy atom. The zero-order valence-electron chi connectivity index (χ0n) is 9.06. The quantitative estimate of drug-likeness (QED) is 0.772. The zero-order chi connectivity index (χ0) is 11.5. The fraction of sp³-hybridized carbons (Fsp3) is 0.167. The molecule has 0 amide bonds. The Hall–Kier alpha value is -2.10. The molecule has 0 bridgehead atoms. The van der Waals surface area contributed by atoms with Gasteiger partial charge in [0.1, 0.15) is 11.5 Å². The Bertz CT molecular complexity index is 543. The summed E-state index contributed by atoms with van der Waals surface area (Å²) in [5, 5.41) is 0. The maximum atomic E-state index is 11.2. The summed E-state index contributed by atoms with van der Waals surface area (Å²) in [4.78, 5) is 15.0. The number of rotatable bonds is 2. The second kappa shape index (κ2) is 4.18. The van der Waals surface area contributed by atoms with Crippen LogP contribution in [0.5, 0.6) is 5.75 Å². The normalized spacial score (nSPS) is 10.1. The van der Waals surface area contributed by atoms with Crippen molar-refractivity contribution in [1.82, 2.24) is 4.98 Å². The molecule has 0 atom stereocenters. The Morgan fingerprint density at radius 2 is 1.94 bits per heavy atom. The van der Waals surface area contributed by atoms with Crippen molar-refractivity contribution in [3.63, 3.8) is 0 Å². The van der Waals surface area contributed by atoms with Crippen molar-refractivity contribution >= 4 is 0 Å². The van der Waals surface area contributed by atoms with Gasteiger partial charge in [0.15, 0.2) is 0 Å². The SMILES string of the molecule is COc1ccc(-c2nc(=O)cc(C)o2)cc1. The van der Waals surface area contributed by atoms with Crippen molar-refractivity contribution in [1.29, 1.82) is 0 Å². The fourth-order valence-corrected chi connectivity index (χ4v) is 1.37. The monoisotopic (exact) mass is 217 g/mol. The van der Waals surface area contributed by atoms with E-state index in [0.29, 0.717) is 11.7 Å². The van der Waals surface area contributed by atoms with Gasteiger partial charge in [0.2, 0.25) is 5.89 Å². The molecular weight excluding hydrogens is 206 g/mol. The molecule has 0 aliphatic heterocycles. The molecule has 4 nitrogen and oxygen atoms in total. The lowest BCUT2D eigenvalue weighted by atomic mass is 10.2. The second-order valence-corrected chi connectivity index (χ2v) is 3.34. The third kappa shape index (κ3) is 2.11. The number of hydrogen-bond acceptors (Lipinski definition) is 4. The van der Waals surface area contributed by atoms with E-state index in [9.17, 15) is 4.79 Å². The summed E-state index contributed by atoms with van der Waals surface area (Å²) in [6, 6.07) is 8.53. The van der Waals surface area contributed by atoms with Gasteiger partial charge < -0.3 is 9.15 Å². The molecule has 2 rings (SSSR count). The Balaban J connectivity index is 2.46. The Kier molecular flexibility index (Phi) is 2.72. The molecule has 0 saturated heterocycles. The van der Waals surface area contributed by atoms with Crippen molar-refractivity contribution in [2.24, 2.45) is 0 Å². The molecule has 2 aromatic rings. The van der Waals surface area contributed by atoms with Crippen molar-refractivity contribution < 1.29 is 9.15 Å². The molecule has 0 saturated carbocycles. The minimum atomic E-state index is -0.297. The molecule has 0 radical (unpaired) electrons. The van der Waals surface area contributed by atoms with Crippen LogP contribution < -0.4 is 10.3 Å². The van der Waals surface area contributed by atoms with Gasteiger partial charge in [-0.2, -0.15) is 4.98 Å². The van der Waals surface area contributed by atoms with Crippen LogP contribution in [0.2, 0.25) is 0 Å². The minimum absolute atomic E-state index is 0.297. The first-order valence-electron chi connectivity index (χ1n) is 4.82. The minimum Gasteiger partial charge on any atom is -0.497 e. The lowest BCUT2D eigenvalue weighted by molar-refractivity contribution is 0.415. The van der Waals surface area contributed by atoms with E-state index in [2.05, 4.69) is 4.98 Å². The molecule has 1 aromatic carbocycles. The van der Waals surface area contributed by atoms with Crippen LogP contribution in [0.4, 0.5) is 0 Å². The van der Waals surface area contributed by atoms with Gasteiger partial charge in [-0.3, -0.25) is 4.79 Å². The van der Waals surface area contributed by atoms with Crippen molar-refractivity contribution in [2.75, 3.05) is 7.11 Å². The molecule has 0 N–H and O–H groups in total. The number of ether oxygens (including phenoxy) is 1. The van der Waals surface area contributed by atoms with Gasteiger partial charge in [-0.1, -0.05) is 0 Å². The molecule has 0 unspecified atom stereocenters. The number of hydrogen-bond donors (Lipinski definition) is 0. The molecule has 0 spiro atoms. The maximum absolute atomic E-state index is 11.2. The lowest BCUT2D eigenvalue weighted by Gasteiger charge is -2.02. The van der Waals surface area contributed by atoms with E-state index in [0.717, 1.165) is 11.3 Å². The predicted octanol–water partition coefficient (Wildman–Crippen LogP) is 2.02. The Morgan fingerprint density at radius 1 is 1.25 bits per heavy atom. The zero-order valence-corrected chi connectivity index (χ0v) is 9.06. The fourth-order valence-electron chi connectivity index (χ4n) is 1.37. The number of benzene rings is 1. The van der Waals surface area contributed by atoms with Crippen LogP contribution in [-0.4, -0.2) is 12.1 Å². The third-order valence-corrected chi connectivity index (χ3v) is 2.13. The van der Waals surface area contributed by atoms with E-state index in [-0.39, 0.29) is 5.56 Å². The van der Waals surface area contributed by atoms with Crippen LogP contribution in [0.25, 0.3) is 11.5 Å². The summed E-state index contributed by atoms with van der Waals surface area (Å²) in [6.45, 7) is 1.72. The molecule has 0 fully saturated rings. The maximum Gasteiger partial charge on any atom is 0.276 e.